The molecule has 0 spiro atoms. The van der Waals surface area contributed by atoms with Crippen molar-refractivity contribution in [2.24, 2.45) is 16.5 Å². The SMILES string of the molecule is NC(N)=Nc1ccc(C(NC(=O)OCCCc2cn(CCOCCOCCOCCNC(=O)c3ccc(F)cc3)nn2)P(=O)(OOc2ccccc2)OOc2ccccc2)cc1. The highest BCUT2D eigenvalue weighted by atomic mass is 31.2. The van der Waals surface area contributed by atoms with Crippen molar-refractivity contribution in [1.82, 2.24) is 25.6 Å². The van der Waals surface area contributed by atoms with Crippen LogP contribution in [0.4, 0.5) is 14.9 Å². The lowest BCUT2D eigenvalue weighted by atomic mass is 10.2. The third-order valence-electron chi connectivity index (χ3n) is 8.24. The number of ether oxygens (including phenoxy) is 4. The summed E-state index contributed by atoms with van der Waals surface area (Å²) < 4.78 is 62.1. The first-order valence-corrected chi connectivity index (χ1v) is 21.0. The topological polar surface area (TPSA) is 244 Å². The number of para-hydroxylation sites is 2. The first kappa shape index (κ1) is 46.7. The quantitative estimate of drug-likeness (QED) is 0.0129. The maximum absolute atomic E-state index is 14.5. The van der Waals surface area contributed by atoms with Gasteiger partial charge in [0.2, 0.25) is 0 Å². The molecule has 0 bridgehead atoms. The summed E-state index contributed by atoms with van der Waals surface area (Å²) in [5.74, 6) is -1.97. The van der Waals surface area contributed by atoms with Crippen molar-refractivity contribution in [3.63, 3.8) is 0 Å². The second-order valence-corrected chi connectivity index (χ2v) is 14.9. The average molecular weight is 879 g/mol. The van der Waals surface area contributed by atoms with Gasteiger partial charge in [-0.1, -0.05) is 63.1 Å². The molecule has 1 unspecified atom stereocenters. The van der Waals surface area contributed by atoms with Crippen LogP contribution in [0.2, 0.25) is 0 Å². The Balaban J connectivity index is 1.02. The Bertz CT molecular complexity index is 2120. The fourth-order valence-electron chi connectivity index (χ4n) is 5.24. The van der Waals surface area contributed by atoms with Gasteiger partial charge in [-0.05, 0) is 79.1 Å². The van der Waals surface area contributed by atoms with Crippen molar-refractivity contribution in [2.75, 3.05) is 52.8 Å². The molecule has 0 saturated heterocycles. The molecule has 6 N–H and O–H groups in total. The Morgan fingerprint density at radius 2 is 1.35 bits per heavy atom. The number of carbonyl (C=O) groups is 2. The number of aryl methyl sites for hydroxylation is 1. The molecule has 21 heteroatoms. The number of aliphatic imine (C=N–C) groups is 1. The molecule has 0 saturated carbocycles. The summed E-state index contributed by atoms with van der Waals surface area (Å²) in [7, 11) is -4.60. The number of nitrogens with one attached hydrogen (secondary N) is 2. The maximum Gasteiger partial charge on any atom is 0.430 e. The molecule has 0 fully saturated rings. The number of halogens is 1. The maximum atomic E-state index is 14.5. The first-order chi connectivity index (χ1) is 30.2. The summed E-state index contributed by atoms with van der Waals surface area (Å²) in [5, 5.41) is 13.6. The number of nitrogens with two attached hydrogens (primary N) is 2. The largest absolute Gasteiger partial charge is 0.450 e. The van der Waals surface area contributed by atoms with E-state index in [4.69, 9.17) is 49.5 Å². The molecule has 4 aromatic carbocycles. The molecule has 0 radical (unpaired) electrons. The monoisotopic (exact) mass is 878 g/mol. The molecule has 5 rings (SSSR count). The molecule has 0 aliphatic heterocycles. The third kappa shape index (κ3) is 16.6. The van der Waals surface area contributed by atoms with Crippen LogP contribution in [0, 0.1) is 5.82 Å². The number of benzene rings is 4. The summed E-state index contributed by atoms with van der Waals surface area (Å²) in [6, 6.07) is 27.9. The lowest BCUT2D eigenvalue weighted by molar-refractivity contribution is -0.173. The number of guanidine groups is 1. The zero-order valence-electron chi connectivity index (χ0n) is 33.6. The Kier molecular flexibility index (Phi) is 19.1. The normalized spacial score (nSPS) is 11.6. The van der Waals surface area contributed by atoms with Crippen molar-refractivity contribution >= 4 is 31.2 Å². The smallest absolute Gasteiger partial charge is 0.430 e. The van der Waals surface area contributed by atoms with Gasteiger partial charge in [0.25, 0.3) is 5.91 Å². The van der Waals surface area contributed by atoms with Crippen LogP contribution in [0.25, 0.3) is 0 Å². The van der Waals surface area contributed by atoms with E-state index in [0.29, 0.717) is 82.5 Å². The number of nitrogens with zero attached hydrogens (tertiary/aromatic N) is 4. The van der Waals surface area contributed by atoms with E-state index in [2.05, 4.69) is 25.9 Å². The first-order valence-electron chi connectivity index (χ1n) is 19.4. The van der Waals surface area contributed by atoms with Gasteiger partial charge in [-0.2, -0.15) is 0 Å². The lowest BCUT2D eigenvalue weighted by Crippen LogP contribution is -2.31. The minimum absolute atomic E-state index is 0.0237. The highest BCUT2D eigenvalue weighted by Crippen LogP contribution is 2.60. The van der Waals surface area contributed by atoms with Gasteiger partial charge in [-0.25, -0.2) is 18.9 Å². The van der Waals surface area contributed by atoms with Crippen molar-refractivity contribution in [1.29, 1.82) is 0 Å². The number of amides is 2. The molecule has 1 atom stereocenters. The standard InChI is InChI=1S/C41H48FN8O11P/c42-33-17-13-31(14-18-33)38(51)45-21-24-54-26-28-56-29-27-55-25-22-50-30-35(48-49-50)8-7-23-57-41(52)47-39(32-15-19-34(20-16-32)46-40(43)44)62(53,60-58-36-9-3-1-4-10-36)61-59-37-11-5-2-6-12-37/h1-6,9-20,30,39H,7-8,21-29H2,(H,45,51)(H,47,52)(H4,43,44,46). The molecule has 0 aliphatic rings. The van der Waals surface area contributed by atoms with Crippen LogP contribution in [0.15, 0.2) is 120 Å². The van der Waals surface area contributed by atoms with E-state index in [0.717, 1.165) is 0 Å². The van der Waals surface area contributed by atoms with Crippen LogP contribution in [0.1, 0.15) is 33.8 Å². The van der Waals surface area contributed by atoms with Gasteiger partial charge in [0.15, 0.2) is 23.2 Å². The van der Waals surface area contributed by atoms with E-state index in [9.17, 15) is 18.5 Å². The summed E-state index contributed by atoms with van der Waals surface area (Å²) in [6.45, 7) is 2.88. The van der Waals surface area contributed by atoms with Crippen LogP contribution in [-0.4, -0.2) is 85.7 Å². The summed E-state index contributed by atoms with van der Waals surface area (Å²) >= 11 is 0. The Labute approximate surface area is 356 Å². The second-order valence-electron chi connectivity index (χ2n) is 13.0. The van der Waals surface area contributed by atoms with E-state index in [-0.39, 0.29) is 35.5 Å². The van der Waals surface area contributed by atoms with Gasteiger partial charge >= 0.3 is 13.7 Å². The molecule has 0 aliphatic carbocycles. The molecule has 5 aromatic rings. The molecule has 330 valence electrons. The van der Waals surface area contributed by atoms with Crippen LogP contribution < -0.4 is 31.9 Å². The van der Waals surface area contributed by atoms with Gasteiger partial charge in [-0.3, -0.25) is 9.36 Å². The second kappa shape index (κ2) is 25.4. The molecular weight excluding hydrogens is 830 g/mol. The Morgan fingerprint density at radius 1 is 0.758 bits per heavy atom. The minimum Gasteiger partial charge on any atom is -0.450 e. The predicted octanol–water partition coefficient (Wildman–Crippen LogP) is 5.37. The van der Waals surface area contributed by atoms with E-state index in [1.54, 1.807) is 71.5 Å². The van der Waals surface area contributed by atoms with Crippen molar-refractivity contribution in [3.8, 4) is 11.5 Å². The number of hydrogen-bond acceptors (Lipinski definition) is 14. The molecule has 19 nitrogen and oxygen atoms in total. The van der Waals surface area contributed by atoms with Crippen LogP contribution >= 0.6 is 7.60 Å². The highest BCUT2D eigenvalue weighted by molar-refractivity contribution is 7.54. The molecule has 1 aromatic heterocycles. The Hall–Kier alpha value is -6.41. The molecule has 1 heterocycles. The van der Waals surface area contributed by atoms with Gasteiger partial charge in [0, 0.05) is 18.3 Å². The van der Waals surface area contributed by atoms with Crippen LogP contribution in [0.5, 0.6) is 11.5 Å². The average Bonchev–Trinajstić information content (AvgIpc) is 3.74. The lowest BCUT2D eigenvalue weighted by Gasteiger charge is -2.25. The van der Waals surface area contributed by atoms with E-state index >= 15 is 0 Å². The van der Waals surface area contributed by atoms with E-state index in [1.807, 2.05) is 0 Å². The summed E-state index contributed by atoms with van der Waals surface area (Å²) in [5.41, 5.74) is 12.7. The number of rotatable bonds is 27. The number of hydrogen-bond donors (Lipinski definition) is 4. The van der Waals surface area contributed by atoms with Crippen molar-refractivity contribution in [3.05, 3.63) is 138 Å². The van der Waals surface area contributed by atoms with Crippen LogP contribution in [0.3, 0.4) is 0 Å². The van der Waals surface area contributed by atoms with E-state index < -0.39 is 25.3 Å². The minimum atomic E-state index is -4.60. The number of carbonyl (C=O) groups excluding carboxylic acids is 2. The zero-order chi connectivity index (χ0) is 43.8. The molecule has 62 heavy (non-hydrogen) atoms. The van der Waals surface area contributed by atoms with Gasteiger partial charge in [-0.15, -0.1) is 5.10 Å². The molecule has 2 amide bonds. The van der Waals surface area contributed by atoms with Crippen molar-refractivity contribution < 1.29 is 56.6 Å². The van der Waals surface area contributed by atoms with E-state index in [1.165, 1.54) is 48.5 Å². The fourth-order valence-corrected chi connectivity index (χ4v) is 6.62. The highest BCUT2D eigenvalue weighted by Gasteiger charge is 2.43. The number of alkyl carbamates (subject to hydrolysis) is 1. The van der Waals surface area contributed by atoms with Crippen LogP contribution in [-0.2, 0) is 45.8 Å². The number of aromatic nitrogens is 3. The van der Waals surface area contributed by atoms with Gasteiger partial charge in [0.05, 0.1) is 64.2 Å². The van der Waals surface area contributed by atoms with Crippen molar-refractivity contribution in [2.45, 2.75) is 25.2 Å². The predicted molar refractivity (Wildman–Crippen MR) is 223 cm³/mol. The van der Waals surface area contributed by atoms with Gasteiger partial charge in [0.1, 0.15) is 5.82 Å². The summed E-state index contributed by atoms with van der Waals surface area (Å²) in [6.07, 6.45) is 1.68. The third-order valence-corrected chi connectivity index (χ3v) is 9.87. The Morgan fingerprint density at radius 3 is 1.97 bits per heavy atom. The van der Waals surface area contributed by atoms with Gasteiger partial charge < -0.3 is 50.8 Å². The fraction of sp³-hybridized carbons (Fsp3) is 0.293. The summed E-state index contributed by atoms with van der Waals surface area (Å²) in [4.78, 5) is 40.0. The molecular formula is C41H48FN8O11P. The zero-order valence-corrected chi connectivity index (χ0v) is 34.5.